The summed E-state index contributed by atoms with van der Waals surface area (Å²) < 4.78 is 0. The van der Waals surface area contributed by atoms with Gasteiger partial charge in [0, 0.05) is 16.8 Å². The number of nitrogens with one attached hydrogen (secondary N) is 1. The molecule has 7 nitrogen and oxygen atoms in total. The van der Waals surface area contributed by atoms with Crippen LogP contribution in [0.25, 0.3) is 0 Å². The molecular formula is C6H9N5O2. The Morgan fingerprint density at radius 3 is 2.46 bits per heavy atom. The van der Waals surface area contributed by atoms with Crippen LogP contribution in [0.2, 0.25) is 0 Å². The first-order valence-electron chi connectivity index (χ1n) is 3.50. The van der Waals surface area contributed by atoms with Crippen molar-refractivity contribution in [1.82, 2.24) is 9.89 Å². The molecule has 3 N–H and O–H groups in total. The summed E-state index contributed by atoms with van der Waals surface area (Å²) in [6.45, 7) is 3.07. The average molecular weight is 183 g/mol. The van der Waals surface area contributed by atoms with Gasteiger partial charge in [-0.05, 0) is 6.92 Å². The van der Waals surface area contributed by atoms with E-state index in [-0.39, 0.29) is 11.5 Å². The SMILES string of the molecule is Cc1nn([N+](=O)[O-])c(C)c1C(=N)N. The Labute approximate surface area is 73.8 Å². The van der Waals surface area contributed by atoms with Crippen LogP contribution in [-0.2, 0) is 0 Å². The minimum absolute atomic E-state index is 0.205. The summed E-state index contributed by atoms with van der Waals surface area (Å²) in [5.41, 5.74) is 6.23. The maximum atomic E-state index is 10.4. The van der Waals surface area contributed by atoms with Gasteiger partial charge in [-0.2, -0.15) is 0 Å². The van der Waals surface area contributed by atoms with Gasteiger partial charge in [0.05, 0.1) is 10.6 Å². The number of nitrogens with two attached hydrogens (primary N) is 1. The van der Waals surface area contributed by atoms with Crippen molar-refractivity contribution in [3.63, 3.8) is 0 Å². The van der Waals surface area contributed by atoms with Gasteiger partial charge in [0.15, 0.2) is 5.69 Å². The largest absolute Gasteiger partial charge is 0.383 e. The quantitative estimate of drug-likeness (QED) is 0.287. The molecule has 1 aromatic heterocycles. The lowest BCUT2D eigenvalue weighted by atomic mass is 10.2. The smallest absolute Gasteiger partial charge is 0.188 e. The van der Waals surface area contributed by atoms with E-state index >= 15 is 0 Å². The maximum Gasteiger partial charge on any atom is 0.188 e. The van der Waals surface area contributed by atoms with Gasteiger partial charge in [-0.3, -0.25) is 5.41 Å². The zero-order valence-electron chi connectivity index (χ0n) is 7.24. The fraction of sp³-hybridized carbons (Fsp3) is 0.333. The molecule has 0 aliphatic carbocycles. The average Bonchev–Trinajstić information content (AvgIpc) is 2.26. The fourth-order valence-corrected chi connectivity index (χ4v) is 1.18. The second kappa shape index (κ2) is 2.85. The molecule has 1 aromatic rings. The van der Waals surface area contributed by atoms with Gasteiger partial charge in [-0.15, -0.1) is 0 Å². The normalized spacial score (nSPS) is 10.0. The molecule has 1 rings (SSSR count). The van der Waals surface area contributed by atoms with Gasteiger partial charge in [0.25, 0.3) is 0 Å². The summed E-state index contributed by atoms with van der Waals surface area (Å²) in [5.74, 6) is -0.205. The van der Waals surface area contributed by atoms with Crippen LogP contribution < -0.4 is 5.73 Å². The van der Waals surface area contributed by atoms with Gasteiger partial charge in [0.1, 0.15) is 11.5 Å². The molecule has 1 heterocycles. The predicted octanol–water partition coefficient (Wildman–Crippen LogP) is -0.176. The highest BCUT2D eigenvalue weighted by molar-refractivity contribution is 5.97. The van der Waals surface area contributed by atoms with E-state index in [0.29, 0.717) is 16.0 Å². The van der Waals surface area contributed by atoms with Crippen molar-refractivity contribution in [1.29, 1.82) is 5.41 Å². The van der Waals surface area contributed by atoms with Gasteiger partial charge >= 0.3 is 0 Å². The van der Waals surface area contributed by atoms with Gasteiger partial charge in [-0.25, -0.2) is 0 Å². The summed E-state index contributed by atoms with van der Waals surface area (Å²) in [6, 6.07) is 0. The summed E-state index contributed by atoms with van der Waals surface area (Å²) in [6.07, 6.45) is 0. The molecule has 0 bridgehead atoms. The highest BCUT2D eigenvalue weighted by Crippen LogP contribution is 2.11. The lowest BCUT2D eigenvalue weighted by Gasteiger charge is -1.95. The summed E-state index contributed by atoms with van der Waals surface area (Å²) in [4.78, 5) is 11.0. The molecular weight excluding hydrogens is 174 g/mol. The number of hydrogen-bond acceptors (Lipinski definition) is 4. The Morgan fingerprint density at radius 1 is 1.69 bits per heavy atom. The molecule has 0 saturated carbocycles. The number of amidine groups is 1. The predicted molar refractivity (Wildman–Crippen MR) is 45.1 cm³/mol. The molecule has 0 aromatic carbocycles. The van der Waals surface area contributed by atoms with Crippen LogP contribution in [0.3, 0.4) is 0 Å². The van der Waals surface area contributed by atoms with E-state index in [0.717, 1.165) is 0 Å². The van der Waals surface area contributed by atoms with E-state index in [1.165, 1.54) is 6.92 Å². The minimum atomic E-state index is -0.658. The second-order valence-corrected chi connectivity index (χ2v) is 2.59. The van der Waals surface area contributed by atoms with Crippen LogP contribution >= 0.6 is 0 Å². The molecule has 0 unspecified atom stereocenters. The first-order valence-corrected chi connectivity index (χ1v) is 3.50. The van der Waals surface area contributed by atoms with Crippen LogP contribution in [0.4, 0.5) is 0 Å². The van der Waals surface area contributed by atoms with Crippen LogP contribution in [0.5, 0.6) is 0 Å². The maximum absolute atomic E-state index is 10.4. The van der Waals surface area contributed by atoms with Gasteiger partial charge in [0.2, 0.25) is 0 Å². The Balaban J connectivity index is 3.39. The van der Waals surface area contributed by atoms with E-state index in [1.54, 1.807) is 6.92 Å². The topological polar surface area (TPSA) is 111 Å². The molecule has 0 fully saturated rings. The molecule has 7 heteroatoms. The van der Waals surface area contributed by atoms with Crippen LogP contribution in [0, 0.1) is 29.4 Å². The fourth-order valence-electron chi connectivity index (χ4n) is 1.18. The first kappa shape index (κ1) is 9.17. The Morgan fingerprint density at radius 2 is 2.23 bits per heavy atom. The Bertz CT molecular complexity index is 381. The minimum Gasteiger partial charge on any atom is -0.383 e. The third kappa shape index (κ3) is 1.35. The number of rotatable bonds is 2. The highest BCUT2D eigenvalue weighted by atomic mass is 16.7. The van der Waals surface area contributed by atoms with Crippen LogP contribution in [0.1, 0.15) is 17.0 Å². The van der Waals surface area contributed by atoms with E-state index in [1.807, 2.05) is 0 Å². The molecule has 70 valence electrons. The van der Waals surface area contributed by atoms with E-state index in [9.17, 15) is 10.1 Å². The molecule has 0 aliphatic rings. The van der Waals surface area contributed by atoms with Crippen molar-refractivity contribution in [2.45, 2.75) is 13.8 Å². The first-order chi connectivity index (χ1) is 5.95. The molecule has 0 saturated heterocycles. The molecule has 0 radical (unpaired) electrons. The third-order valence-electron chi connectivity index (χ3n) is 1.69. The number of nitrogens with zero attached hydrogens (tertiary/aromatic N) is 3. The summed E-state index contributed by atoms with van der Waals surface area (Å²) in [7, 11) is 0. The summed E-state index contributed by atoms with van der Waals surface area (Å²) in [5, 5.41) is 20.5. The molecule has 0 spiro atoms. The van der Waals surface area contributed by atoms with Crippen molar-refractivity contribution >= 4 is 5.84 Å². The summed E-state index contributed by atoms with van der Waals surface area (Å²) >= 11 is 0. The van der Waals surface area contributed by atoms with E-state index in [4.69, 9.17) is 11.1 Å². The van der Waals surface area contributed by atoms with Crippen molar-refractivity contribution < 1.29 is 5.03 Å². The van der Waals surface area contributed by atoms with Crippen LogP contribution in [0.15, 0.2) is 0 Å². The Hall–Kier alpha value is -1.92. The lowest BCUT2D eigenvalue weighted by Crippen LogP contribution is -2.16. The number of nitrogen functional groups attached to an aromatic ring is 1. The van der Waals surface area contributed by atoms with Crippen LogP contribution in [-0.4, -0.2) is 20.8 Å². The van der Waals surface area contributed by atoms with Crippen molar-refractivity contribution in [2.24, 2.45) is 5.73 Å². The van der Waals surface area contributed by atoms with Gasteiger partial charge < -0.3 is 15.8 Å². The standard InChI is InChI=1S/C6H9N5O2/c1-3-5(6(7)8)4(2)10(9-3)11(12)13/h1-2H3,(H3,7,8). The molecule has 0 aliphatic heterocycles. The van der Waals surface area contributed by atoms with Gasteiger partial charge in [-0.1, -0.05) is 0 Å². The van der Waals surface area contributed by atoms with Crippen molar-refractivity contribution in [2.75, 3.05) is 0 Å². The molecule has 0 atom stereocenters. The number of hydrogen-bond donors (Lipinski definition) is 2. The Kier molecular flexibility index (Phi) is 2.01. The van der Waals surface area contributed by atoms with Crippen molar-refractivity contribution in [3.05, 3.63) is 27.1 Å². The monoisotopic (exact) mass is 183 g/mol. The number of aryl methyl sites for hydroxylation is 1. The van der Waals surface area contributed by atoms with Crippen molar-refractivity contribution in [3.8, 4) is 0 Å². The molecule has 0 amide bonds. The third-order valence-corrected chi connectivity index (χ3v) is 1.69. The zero-order chi connectivity index (χ0) is 10.2. The molecule has 13 heavy (non-hydrogen) atoms. The number of nitro groups is 1. The lowest BCUT2D eigenvalue weighted by molar-refractivity contribution is -0.554. The van der Waals surface area contributed by atoms with E-state index < -0.39 is 5.03 Å². The zero-order valence-corrected chi connectivity index (χ0v) is 7.24. The number of aromatic nitrogens is 2. The highest BCUT2D eigenvalue weighted by Gasteiger charge is 2.21. The van der Waals surface area contributed by atoms with E-state index in [2.05, 4.69) is 5.10 Å². The second-order valence-electron chi connectivity index (χ2n) is 2.59.